The molecule has 0 saturated heterocycles. The van der Waals surface area contributed by atoms with Crippen LogP contribution in [0.25, 0.3) is 0 Å². The number of likely N-dealkylation sites (N-methyl/N-ethyl adjacent to an activating group) is 2. The van der Waals surface area contributed by atoms with E-state index in [0.29, 0.717) is 6.04 Å². The first-order valence-electron chi connectivity index (χ1n) is 11.6. The summed E-state index contributed by atoms with van der Waals surface area (Å²) in [5.74, 6) is 1.56. The molecule has 0 aromatic heterocycles. The van der Waals surface area contributed by atoms with E-state index < -0.39 is 0 Å². The predicted molar refractivity (Wildman–Crippen MR) is 130 cm³/mol. The molecule has 0 saturated carbocycles. The van der Waals surface area contributed by atoms with Crippen LogP contribution in [-0.4, -0.2) is 69.8 Å². The third kappa shape index (κ3) is 8.17. The van der Waals surface area contributed by atoms with E-state index in [9.17, 15) is 0 Å². The van der Waals surface area contributed by atoms with Gasteiger partial charge in [0.05, 0.1) is 14.2 Å². The average molecular weight is 428 g/mol. The second-order valence-electron chi connectivity index (χ2n) is 7.78. The van der Waals surface area contributed by atoms with Crippen LogP contribution in [-0.2, 0) is 6.42 Å². The van der Waals surface area contributed by atoms with Crippen LogP contribution in [0, 0.1) is 0 Å². The Kier molecular flexibility index (Phi) is 11.4. The molecule has 1 atom stereocenters. The van der Waals surface area contributed by atoms with Gasteiger partial charge in [-0.3, -0.25) is 0 Å². The van der Waals surface area contributed by atoms with Crippen LogP contribution in [0.4, 0.5) is 0 Å². The van der Waals surface area contributed by atoms with Crippen molar-refractivity contribution in [1.82, 2.24) is 15.1 Å². The minimum absolute atomic E-state index is 0.304. The summed E-state index contributed by atoms with van der Waals surface area (Å²) in [6.07, 6.45) is 0.940. The Hall–Kier alpha value is -2.08. The van der Waals surface area contributed by atoms with Gasteiger partial charge in [-0.05, 0) is 55.9 Å². The normalized spacial score (nSPS) is 12.4. The van der Waals surface area contributed by atoms with Gasteiger partial charge in [0.25, 0.3) is 0 Å². The van der Waals surface area contributed by atoms with Gasteiger partial charge in [0.2, 0.25) is 0 Å². The Morgan fingerprint density at radius 3 is 2.06 bits per heavy atom. The van der Waals surface area contributed by atoms with Gasteiger partial charge in [0, 0.05) is 25.7 Å². The van der Waals surface area contributed by atoms with Gasteiger partial charge in [0.15, 0.2) is 11.5 Å². The summed E-state index contributed by atoms with van der Waals surface area (Å²) in [5, 5.41) is 3.80. The Balaban J connectivity index is 2.00. The fourth-order valence-electron chi connectivity index (χ4n) is 3.86. The molecule has 5 nitrogen and oxygen atoms in total. The molecule has 172 valence electrons. The van der Waals surface area contributed by atoms with Crippen molar-refractivity contribution in [3.8, 4) is 11.5 Å². The molecule has 2 aromatic carbocycles. The van der Waals surface area contributed by atoms with Crippen LogP contribution in [0.2, 0.25) is 0 Å². The van der Waals surface area contributed by atoms with Gasteiger partial charge in [-0.1, -0.05) is 57.2 Å². The van der Waals surface area contributed by atoms with Crippen LogP contribution in [0.15, 0.2) is 48.5 Å². The van der Waals surface area contributed by atoms with Gasteiger partial charge < -0.3 is 24.6 Å². The molecule has 0 heterocycles. The number of benzene rings is 2. The molecule has 1 unspecified atom stereocenters. The lowest BCUT2D eigenvalue weighted by Gasteiger charge is -2.30. The molecular formula is C26H41N3O2. The Morgan fingerprint density at radius 1 is 0.806 bits per heavy atom. The van der Waals surface area contributed by atoms with Crippen molar-refractivity contribution in [1.29, 1.82) is 0 Å². The quantitative estimate of drug-likeness (QED) is 0.460. The minimum atomic E-state index is 0.304. The summed E-state index contributed by atoms with van der Waals surface area (Å²) in [6.45, 7) is 14.1. The standard InChI is InChI=1S/C26H41N3O2/c1-6-28(7-2)18-19-29(8-3)21-24(23-12-10-9-11-13-23)27-17-16-22-14-15-25(30-4)26(20-22)31-5/h9-15,20,24,27H,6-8,16-19,21H2,1-5H3. The molecule has 5 heteroatoms. The molecule has 0 aliphatic rings. The Morgan fingerprint density at radius 2 is 1.45 bits per heavy atom. The molecule has 0 aliphatic heterocycles. The molecule has 2 aromatic rings. The van der Waals surface area contributed by atoms with Crippen LogP contribution in [0.3, 0.4) is 0 Å². The van der Waals surface area contributed by atoms with Gasteiger partial charge in [0.1, 0.15) is 0 Å². The Bertz CT molecular complexity index is 735. The van der Waals surface area contributed by atoms with E-state index in [0.717, 1.165) is 63.7 Å². The average Bonchev–Trinajstić information content (AvgIpc) is 2.83. The van der Waals surface area contributed by atoms with Crippen molar-refractivity contribution in [2.24, 2.45) is 0 Å². The van der Waals surface area contributed by atoms with E-state index in [1.807, 2.05) is 6.07 Å². The lowest BCUT2D eigenvalue weighted by Crippen LogP contribution is -2.40. The summed E-state index contributed by atoms with van der Waals surface area (Å²) >= 11 is 0. The molecule has 31 heavy (non-hydrogen) atoms. The zero-order valence-corrected chi connectivity index (χ0v) is 20.1. The van der Waals surface area contributed by atoms with Crippen molar-refractivity contribution in [3.05, 3.63) is 59.7 Å². The molecule has 0 bridgehead atoms. The van der Waals surface area contributed by atoms with Crippen LogP contribution in [0.1, 0.15) is 37.9 Å². The van der Waals surface area contributed by atoms with Crippen molar-refractivity contribution < 1.29 is 9.47 Å². The van der Waals surface area contributed by atoms with Gasteiger partial charge >= 0.3 is 0 Å². The van der Waals surface area contributed by atoms with Crippen LogP contribution >= 0.6 is 0 Å². The number of methoxy groups -OCH3 is 2. The molecular weight excluding hydrogens is 386 g/mol. The third-order valence-electron chi connectivity index (χ3n) is 5.97. The SMILES string of the molecule is CCN(CC)CCN(CC)CC(NCCc1ccc(OC)c(OC)c1)c1ccccc1. The molecule has 1 N–H and O–H groups in total. The summed E-state index contributed by atoms with van der Waals surface area (Å²) in [5.41, 5.74) is 2.59. The lowest BCUT2D eigenvalue weighted by atomic mass is 10.1. The maximum atomic E-state index is 5.45. The monoisotopic (exact) mass is 427 g/mol. The lowest BCUT2D eigenvalue weighted by molar-refractivity contribution is 0.205. The molecule has 0 fully saturated rings. The van der Waals surface area contributed by atoms with E-state index in [-0.39, 0.29) is 0 Å². The highest BCUT2D eigenvalue weighted by atomic mass is 16.5. The molecule has 0 aliphatic carbocycles. The van der Waals surface area contributed by atoms with Gasteiger partial charge in [-0.2, -0.15) is 0 Å². The largest absolute Gasteiger partial charge is 0.493 e. The number of nitrogens with zero attached hydrogens (tertiary/aromatic N) is 2. The zero-order valence-electron chi connectivity index (χ0n) is 20.1. The maximum Gasteiger partial charge on any atom is 0.160 e. The van der Waals surface area contributed by atoms with Crippen molar-refractivity contribution >= 4 is 0 Å². The summed E-state index contributed by atoms with van der Waals surface area (Å²) in [6, 6.07) is 17.3. The van der Waals surface area contributed by atoms with Crippen molar-refractivity contribution in [2.45, 2.75) is 33.2 Å². The first-order valence-corrected chi connectivity index (χ1v) is 11.6. The van der Waals surface area contributed by atoms with Gasteiger partial charge in [-0.15, -0.1) is 0 Å². The molecule has 0 radical (unpaired) electrons. The van der Waals surface area contributed by atoms with Gasteiger partial charge in [-0.25, -0.2) is 0 Å². The highest BCUT2D eigenvalue weighted by Crippen LogP contribution is 2.27. The first kappa shape index (κ1) is 25.2. The summed E-state index contributed by atoms with van der Waals surface area (Å²) in [4.78, 5) is 5.05. The van der Waals surface area contributed by atoms with E-state index in [1.54, 1.807) is 14.2 Å². The van der Waals surface area contributed by atoms with E-state index >= 15 is 0 Å². The van der Waals surface area contributed by atoms with E-state index in [2.05, 4.69) is 78.4 Å². The third-order valence-corrected chi connectivity index (χ3v) is 5.97. The van der Waals surface area contributed by atoms with Crippen molar-refractivity contribution in [2.75, 3.05) is 60.0 Å². The number of rotatable bonds is 15. The van der Waals surface area contributed by atoms with E-state index in [1.165, 1.54) is 11.1 Å². The maximum absolute atomic E-state index is 5.45. The van der Waals surface area contributed by atoms with Crippen molar-refractivity contribution in [3.63, 3.8) is 0 Å². The molecule has 0 spiro atoms. The number of hydrogen-bond acceptors (Lipinski definition) is 5. The van der Waals surface area contributed by atoms with Crippen LogP contribution in [0.5, 0.6) is 11.5 Å². The summed E-state index contributed by atoms with van der Waals surface area (Å²) in [7, 11) is 3.35. The van der Waals surface area contributed by atoms with E-state index in [4.69, 9.17) is 9.47 Å². The second kappa shape index (κ2) is 14.1. The number of hydrogen-bond donors (Lipinski definition) is 1. The predicted octanol–water partition coefficient (Wildman–Crippen LogP) is 4.24. The zero-order chi connectivity index (χ0) is 22.5. The molecule has 0 amide bonds. The highest BCUT2D eigenvalue weighted by Gasteiger charge is 2.16. The first-order chi connectivity index (χ1) is 15.1. The topological polar surface area (TPSA) is 37.0 Å². The minimum Gasteiger partial charge on any atom is -0.493 e. The molecule has 2 rings (SSSR count). The number of ether oxygens (including phenoxy) is 2. The second-order valence-corrected chi connectivity index (χ2v) is 7.78. The highest BCUT2D eigenvalue weighted by molar-refractivity contribution is 5.43. The fourth-order valence-corrected chi connectivity index (χ4v) is 3.86. The smallest absolute Gasteiger partial charge is 0.160 e. The summed E-state index contributed by atoms with van der Waals surface area (Å²) < 4.78 is 10.8. The number of nitrogens with one attached hydrogen (secondary N) is 1. The Labute approximate surface area is 189 Å². The van der Waals surface area contributed by atoms with Crippen LogP contribution < -0.4 is 14.8 Å². The fraction of sp³-hybridized carbons (Fsp3) is 0.538.